The minimum atomic E-state index is 0.0516. The van der Waals surface area contributed by atoms with Crippen molar-refractivity contribution >= 4 is 17.5 Å². The van der Waals surface area contributed by atoms with Crippen LogP contribution in [0.25, 0.3) is 11.5 Å². The van der Waals surface area contributed by atoms with Crippen LogP contribution < -0.4 is 5.32 Å². The zero-order valence-corrected chi connectivity index (χ0v) is 17.1. The number of likely N-dealkylation sites (tertiary alicyclic amines) is 1. The van der Waals surface area contributed by atoms with Crippen molar-refractivity contribution in [2.45, 2.75) is 52.6 Å². The molecule has 5 nitrogen and oxygen atoms in total. The lowest BCUT2D eigenvalue weighted by Crippen LogP contribution is -2.45. The number of hydrogen-bond acceptors (Lipinski definition) is 4. The van der Waals surface area contributed by atoms with Gasteiger partial charge in [-0.05, 0) is 63.9 Å². The molecule has 2 aromatic rings. The fourth-order valence-corrected chi connectivity index (χ4v) is 3.50. The Hall–Kier alpha value is -1.85. The minimum absolute atomic E-state index is 0.0516. The maximum Gasteiger partial charge on any atom is 0.226 e. The highest BCUT2D eigenvalue weighted by atomic mass is 35.5. The van der Waals surface area contributed by atoms with Crippen molar-refractivity contribution in [3.8, 4) is 11.5 Å². The lowest BCUT2D eigenvalue weighted by Gasteiger charge is -2.32. The number of amides is 1. The summed E-state index contributed by atoms with van der Waals surface area (Å²) < 4.78 is 5.86. The Morgan fingerprint density at radius 2 is 2.15 bits per heavy atom. The standard InChI is InChI=1S/C21H28ClN3O2/c1-4-14(2)23-20(26)17-6-5-11-25(12-17)13-19-15(3)27-21(24-19)16-7-9-18(22)10-8-16/h7-10,14,17H,4-6,11-13H2,1-3H3,(H,23,26)/t14-,17+/m0/s1. The monoisotopic (exact) mass is 389 g/mol. The Labute approximate surface area is 166 Å². The zero-order chi connectivity index (χ0) is 19.4. The number of oxazole rings is 1. The molecule has 0 unspecified atom stereocenters. The van der Waals surface area contributed by atoms with Gasteiger partial charge in [-0.2, -0.15) is 0 Å². The van der Waals surface area contributed by atoms with E-state index in [2.05, 4.69) is 29.0 Å². The topological polar surface area (TPSA) is 58.4 Å². The molecule has 1 amide bonds. The summed E-state index contributed by atoms with van der Waals surface area (Å²) in [5, 5.41) is 3.81. The first-order valence-electron chi connectivity index (χ1n) is 9.71. The number of benzene rings is 1. The quantitative estimate of drug-likeness (QED) is 0.793. The molecule has 2 atom stereocenters. The largest absolute Gasteiger partial charge is 0.441 e. The summed E-state index contributed by atoms with van der Waals surface area (Å²) in [6.45, 7) is 8.54. The molecule has 146 valence electrons. The van der Waals surface area contributed by atoms with Gasteiger partial charge in [0.25, 0.3) is 0 Å². The van der Waals surface area contributed by atoms with E-state index in [0.29, 0.717) is 17.5 Å². The summed E-state index contributed by atoms with van der Waals surface area (Å²) in [7, 11) is 0. The van der Waals surface area contributed by atoms with Gasteiger partial charge < -0.3 is 9.73 Å². The van der Waals surface area contributed by atoms with E-state index in [0.717, 1.165) is 49.4 Å². The molecule has 1 aromatic heterocycles. The molecule has 0 aliphatic carbocycles. The fourth-order valence-electron chi connectivity index (χ4n) is 3.38. The van der Waals surface area contributed by atoms with Crippen LogP contribution in [0.5, 0.6) is 0 Å². The van der Waals surface area contributed by atoms with Crippen LogP contribution in [0.2, 0.25) is 5.02 Å². The molecule has 27 heavy (non-hydrogen) atoms. The average Bonchev–Trinajstić information content (AvgIpc) is 3.02. The Kier molecular flexibility index (Phi) is 6.55. The van der Waals surface area contributed by atoms with Crippen molar-refractivity contribution in [1.82, 2.24) is 15.2 Å². The van der Waals surface area contributed by atoms with E-state index in [9.17, 15) is 4.79 Å². The van der Waals surface area contributed by atoms with Gasteiger partial charge in [-0.1, -0.05) is 18.5 Å². The number of carbonyl (C=O) groups excluding carboxylic acids is 1. The number of nitrogens with zero attached hydrogens (tertiary/aromatic N) is 2. The molecule has 1 aromatic carbocycles. The van der Waals surface area contributed by atoms with Crippen molar-refractivity contribution in [3.05, 3.63) is 40.7 Å². The Morgan fingerprint density at radius 3 is 2.85 bits per heavy atom. The molecule has 0 spiro atoms. The summed E-state index contributed by atoms with van der Waals surface area (Å²) in [4.78, 5) is 19.5. The van der Waals surface area contributed by atoms with Gasteiger partial charge in [-0.3, -0.25) is 9.69 Å². The molecule has 1 saturated heterocycles. The smallest absolute Gasteiger partial charge is 0.226 e. The molecule has 1 aliphatic heterocycles. The van der Waals surface area contributed by atoms with E-state index in [1.807, 2.05) is 31.2 Å². The highest BCUT2D eigenvalue weighted by molar-refractivity contribution is 6.30. The second kappa shape index (κ2) is 8.89. The highest BCUT2D eigenvalue weighted by Crippen LogP contribution is 2.25. The van der Waals surface area contributed by atoms with Crippen LogP contribution in [0.15, 0.2) is 28.7 Å². The normalized spacial score (nSPS) is 19.0. The van der Waals surface area contributed by atoms with E-state index in [4.69, 9.17) is 16.0 Å². The number of carbonyl (C=O) groups is 1. The minimum Gasteiger partial charge on any atom is -0.441 e. The Balaban J connectivity index is 1.64. The van der Waals surface area contributed by atoms with Crippen LogP contribution in [-0.2, 0) is 11.3 Å². The van der Waals surface area contributed by atoms with Gasteiger partial charge in [-0.15, -0.1) is 0 Å². The summed E-state index contributed by atoms with van der Waals surface area (Å²) in [5.74, 6) is 1.66. The first kappa shape index (κ1) is 19.9. The molecule has 1 N–H and O–H groups in total. The summed E-state index contributed by atoms with van der Waals surface area (Å²) in [5.41, 5.74) is 1.85. The van der Waals surface area contributed by atoms with Crippen molar-refractivity contribution in [3.63, 3.8) is 0 Å². The molecule has 6 heteroatoms. The number of nitrogens with one attached hydrogen (secondary N) is 1. The molecular formula is C21H28ClN3O2. The number of piperidine rings is 1. The third kappa shape index (κ3) is 5.11. The van der Waals surface area contributed by atoms with Crippen molar-refractivity contribution in [2.75, 3.05) is 13.1 Å². The van der Waals surface area contributed by atoms with Crippen molar-refractivity contribution in [1.29, 1.82) is 0 Å². The SMILES string of the molecule is CC[C@H](C)NC(=O)[C@@H]1CCCN(Cc2nc(-c3ccc(Cl)cc3)oc2C)C1. The van der Waals surface area contributed by atoms with E-state index in [1.54, 1.807) is 0 Å². The van der Waals surface area contributed by atoms with E-state index < -0.39 is 0 Å². The number of aromatic nitrogens is 1. The van der Waals surface area contributed by atoms with Crippen molar-refractivity contribution in [2.24, 2.45) is 5.92 Å². The molecular weight excluding hydrogens is 362 g/mol. The molecule has 0 bridgehead atoms. The Bertz CT molecular complexity index is 772. The van der Waals surface area contributed by atoms with Crippen LogP contribution >= 0.6 is 11.6 Å². The third-order valence-corrected chi connectivity index (χ3v) is 5.49. The predicted octanol–water partition coefficient (Wildman–Crippen LogP) is 4.43. The first-order valence-corrected chi connectivity index (χ1v) is 10.1. The molecule has 0 radical (unpaired) electrons. The second-order valence-electron chi connectivity index (χ2n) is 7.42. The van der Waals surface area contributed by atoms with Gasteiger partial charge in [0, 0.05) is 29.7 Å². The molecule has 1 fully saturated rings. The zero-order valence-electron chi connectivity index (χ0n) is 16.3. The number of hydrogen-bond donors (Lipinski definition) is 1. The number of halogens is 1. The number of aryl methyl sites for hydroxylation is 1. The van der Waals surface area contributed by atoms with E-state index >= 15 is 0 Å². The second-order valence-corrected chi connectivity index (χ2v) is 7.86. The summed E-state index contributed by atoms with van der Waals surface area (Å²) in [6.07, 6.45) is 2.93. The van der Waals surface area contributed by atoms with Crippen molar-refractivity contribution < 1.29 is 9.21 Å². The number of rotatable bonds is 6. The maximum absolute atomic E-state index is 12.5. The van der Waals surface area contributed by atoms with E-state index in [-0.39, 0.29) is 17.9 Å². The Morgan fingerprint density at radius 1 is 1.41 bits per heavy atom. The first-order chi connectivity index (χ1) is 13.0. The van der Waals surface area contributed by atoms with Gasteiger partial charge in [-0.25, -0.2) is 4.98 Å². The van der Waals surface area contributed by atoms with Gasteiger partial charge >= 0.3 is 0 Å². The fraction of sp³-hybridized carbons (Fsp3) is 0.524. The predicted molar refractivity (Wildman–Crippen MR) is 108 cm³/mol. The van der Waals surface area contributed by atoms with Gasteiger partial charge in [0.1, 0.15) is 5.76 Å². The van der Waals surface area contributed by atoms with Crippen LogP contribution in [0.1, 0.15) is 44.6 Å². The highest BCUT2D eigenvalue weighted by Gasteiger charge is 2.27. The third-order valence-electron chi connectivity index (χ3n) is 5.23. The van der Waals surface area contributed by atoms with Gasteiger partial charge in [0.05, 0.1) is 11.6 Å². The van der Waals surface area contributed by atoms with Crippen LogP contribution in [-0.4, -0.2) is 34.9 Å². The lowest BCUT2D eigenvalue weighted by molar-refractivity contribution is -0.127. The molecule has 1 aliphatic rings. The van der Waals surface area contributed by atoms with Crippen LogP contribution in [0.3, 0.4) is 0 Å². The van der Waals surface area contributed by atoms with Crippen LogP contribution in [0, 0.1) is 12.8 Å². The van der Waals surface area contributed by atoms with Gasteiger partial charge in [0.15, 0.2) is 0 Å². The molecule has 3 rings (SSSR count). The summed E-state index contributed by atoms with van der Waals surface area (Å²) in [6, 6.07) is 7.72. The van der Waals surface area contributed by atoms with E-state index in [1.165, 1.54) is 0 Å². The summed E-state index contributed by atoms with van der Waals surface area (Å²) >= 11 is 5.95. The van der Waals surface area contributed by atoms with Crippen LogP contribution in [0.4, 0.5) is 0 Å². The lowest BCUT2D eigenvalue weighted by atomic mass is 9.96. The molecule has 2 heterocycles. The maximum atomic E-state index is 12.5. The molecule has 0 saturated carbocycles. The van der Waals surface area contributed by atoms with Gasteiger partial charge in [0.2, 0.25) is 11.8 Å². The average molecular weight is 390 g/mol.